The molecule has 3 unspecified atom stereocenters. The molecule has 0 aliphatic carbocycles. The highest BCUT2D eigenvalue weighted by molar-refractivity contribution is 7.61. The average molecular weight is 675 g/mol. The van der Waals surface area contributed by atoms with Crippen molar-refractivity contribution in [3.63, 3.8) is 0 Å². The normalized spacial score (nSPS) is 28.6. The molecule has 3 aromatic rings. The second-order valence-electron chi connectivity index (χ2n) is 11.2. The summed E-state index contributed by atoms with van der Waals surface area (Å²) in [7, 11) is -10.0. The van der Waals surface area contributed by atoms with Gasteiger partial charge in [-0.15, -0.1) is 0 Å². The topological polar surface area (TPSA) is 237 Å². The van der Waals surface area contributed by atoms with Gasteiger partial charge in [-0.3, -0.25) is 27.8 Å². The third-order valence-corrected chi connectivity index (χ3v) is 9.87. The summed E-state index contributed by atoms with van der Waals surface area (Å²) in [6.45, 7) is 3.25. The van der Waals surface area contributed by atoms with Crippen molar-refractivity contribution in [3.05, 3.63) is 63.1 Å². The van der Waals surface area contributed by atoms with Gasteiger partial charge in [0.25, 0.3) is 5.56 Å². The lowest BCUT2D eigenvalue weighted by Gasteiger charge is -2.30. The average Bonchev–Trinajstić information content (AvgIpc) is 3.49. The number of ether oxygens (including phenoxy) is 2. The van der Waals surface area contributed by atoms with Gasteiger partial charge in [-0.1, -0.05) is 17.3 Å². The molecule has 2 aromatic heterocycles. The molecule has 20 heteroatoms. The summed E-state index contributed by atoms with van der Waals surface area (Å²) in [6, 6.07) is 7.86. The number of para-hydroxylation sites is 1. The molecular formula is C25H31N3O15P2. The van der Waals surface area contributed by atoms with E-state index in [-0.39, 0.29) is 19.6 Å². The molecule has 45 heavy (non-hydrogen) atoms. The Kier molecular flexibility index (Phi) is 9.37. The molecular weight excluding hydrogens is 644 g/mol. The van der Waals surface area contributed by atoms with Crippen molar-refractivity contribution >= 4 is 32.6 Å². The third-order valence-electron chi connectivity index (χ3n) is 6.77. The molecule has 5 rings (SSSR count). The number of rotatable bonds is 9. The van der Waals surface area contributed by atoms with Crippen LogP contribution in [0, 0.1) is 5.41 Å². The highest BCUT2D eigenvalue weighted by atomic mass is 31.3. The van der Waals surface area contributed by atoms with Crippen LogP contribution in [0.2, 0.25) is 0 Å². The Bertz CT molecular complexity index is 1780. The number of aromatic nitrogens is 3. The number of carbonyl (C=O) groups excluding carboxylic acids is 1. The highest BCUT2D eigenvalue weighted by Gasteiger charge is 2.48. The van der Waals surface area contributed by atoms with Gasteiger partial charge in [-0.25, -0.2) is 18.4 Å². The number of fused-ring (bicyclic) bond motifs is 1. The molecule has 0 radical (unpaired) electrons. The molecule has 0 bridgehead atoms. The molecule has 1 aromatic carbocycles. The van der Waals surface area contributed by atoms with Gasteiger partial charge in [0.2, 0.25) is 6.29 Å². The summed E-state index contributed by atoms with van der Waals surface area (Å²) in [5.74, 6) is -0.689. The van der Waals surface area contributed by atoms with E-state index >= 15 is 0 Å². The van der Waals surface area contributed by atoms with Crippen LogP contribution in [0.4, 0.5) is 0 Å². The first kappa shape index (κ1) is 33.3. The molecule has 4 heterocycles. The largest absolute Gasteiger partial charge is 0.486 e. The standard InChI is InChI=1S/C25H31N3O15P2/c1-25(2,3)23(32)40-19-9-11-37-45(36,42-19)43-44(34,35)38-13-17-20(30)21(31)22(39-17)27-10-8-18(29)28(24(27)33)12-15-14-6-4-5-7-16(14)41-26-15/h4-8,10,17,19-22,30-31H,9,11-13H2,1-3H3,(H,34,35)/t17-,19?,20+,21+,22-,45?/m1/s1. The van der Waals surface area contributed by atoms with E-state index in [1.165, 1.54) is 0 Å². The molecule has 7 atom stereocenters. The zero-order valence-electron chi connectivity index (χ0n) is 24.2. The number of benzene rings is 1. The lowest BCUT2D eigenvalue weighted by molar-refractivity contribution is -0.181. The first-order valence-corrected chi connectivity index (χ1v) is 16.5. The number of carbonyl (C=O) groups is 1. The number of aliphatic hydroxyl groups is 2. The monoisotopic (exact) mass is 675 g/mol. The minimum atomic E-state index is -5.24. The summed E-state index contributed by atoms with van der Waals surface area (Å²) in [6.07, 6.45) is -6.93. The van der Waals surface area contributed by atoms with Crippen LogP contribution in [0.3, 0.4) is 0 Å². The molecule has 2 fully saturated rings. The lowest BCUT2D eigenvalue weighted by Crippen LogP contribution is -2.43. The minimum Gasteiger partial charge on any atom is -0.435 e. The number of aliphatic hydroxyl groups excluding tert-OH is 2. The molecule has 246 valence electrons. The van der Waals surface area contributed by atoms with Crippen LogP contribution >= 0.6 is 15.6 Å². The maximum atomic E-state index is 13.3. The summed E-state index contributed by atoms with van der Waals surface area (Å²) < 4.78 is 62.4. The fraction of sp³-hybridized carbons (Fsp3) is 0.520. The maximum absolute atomic E-state index is 13.3. The zero-order valence-corrected chi connectivity index (χ0v) is 25.9. The molecule has 18 nitrogen and oxygen atoms in total. The van der Waals surface area contributed by atoms with Crippen LogP contribution in [0.15, 0.2) is 50.6 Å². The van der Waals surface area contributed by atoms with Crippen molar-refractivity contribution < 1.29 is 60.9 Å². The van der Waals surface area contributed by atoms with E-state index in [0.717, 1.165) is 21.4 Å². The number of phosphoric acid groups is 2. The van der Waals surface area contributed by atoms with Crippen molar-refractivity contribution in [3.8, 4) is 0 Å². The van der Waals surface area contributed by atoms with Crippen molar-refractivity contribution in [1.29, 1.82) is 0 Å². The van der Waals surface area contributed by atoms with Gasteiger partial charge in [-0.2, -0.15) is 4.31 Å². The smallest absolute Gasteiger partial charge is 0.435 e. The lowest BCUT2D eigenvalue weighted by atomic mass is 9.97. The predicted octanol–water partition coefficient (Wildman–Crippen LogP) is 1.41. The van der Waals surface area contributed by atoms with Gasteiger partial charge in [0.15, 0.2) is 11.8 Å². The molecule has 2 saturated heterocycles. The summed E-state index contributed by atoms with van der Waals surface area (Å²) in [5.41, 5.74) is -1.79. The van der Waals surface area contributed by atoms with Gasteiger partial charge in [0.1, 0.15) is 24.0 Å². The third kappa shape index (κ3) is 7.36. The van der Waals surface area contributed by atoms with Gasteiger partial charge < -0.3 is 29.1 Å². The fourth-order valence-corrected chi connectivity index (χ4v) is 7.10. The number of phosphoric ester groups is 2. The SMILES string of the molecule is CC(C)(C)C(=O)OC1CCOP(=O)(OP(=O)(O)OC[C@H]2O[C@@H](n3ccc(=O)n(Cc4noc5ccccc45)c3=O)[C@@H](O)[C@H]2O)O1. The molecule has 2 aliphatic heterocycles. The molecule has 3 N–H and O–H groups in total. The minimum absolute atomic E-state index is 0.0327. The Balaban J connectivity index is 1.25. The first-order valence-electron chi connectivity index (χ1n) is 13.6. The molecule has 0 spiro atoms. The van der Waals surface area contributed by atoms with E-state index in [0.29, 0.717) is 16.7 Å². The Hall–Kier alpha value is -3.02. The Labute approximate surface area is 254 Å². The van der Waals surface area contributed by atoms with E-state index in [9.17, 15) is 38.6 Å². The van der Waals surface area contributed by atoms with E-state index in [1.807, 2.05) is 0 Å². The van der Waals surface area contributed by atoms with Crippen LogP contribution in [0.5, 0.6) is 0 Å². The Morgan fingerprint density at radius 3 is 2.64 bits per heavy atom. The summed E-state index contributed by atoms with van der Waals surface area (Å²) >= 11 is 0. The van der Waals surface area contributed by atoms with Gasteiger partial charge in [-0.05, 0) is 32.9 Å². The van der Waals surface area contributed by atoms with E-state index < -0.39 is 75.7 Å². The maximum Gasteiger partial charge on any atom is 0.486 e. The van der Waals surface area contributed by atoms with Crippen LogP contribution in [-0.4, -0.2) is 73.2 Å². The van der Waals surface area contributed by atoms with Crippen molar-refractivity contribution in [1.82, 2.24) is 14.3 Å². The van der Waals surface area contributed by atoms with Crippen LogP contribution in [0.25, 0.3) is 11.0 Å². The van der Waals surface area contributed by atoms with E-state index in [4.69, 9.17) is 27.6 Å². The molecule has 0 amide bonds. The number of hydrogen-bond donors (Lipinski definition) is 3. The van der Waals surface area contributed by atoms with Gasteiger partial charge in [0.05, 0.1) is 25.2 Å². The van der Waals surface area contributed by atoms with Crippen LogP contribution in [0.1, 0.15) is 39.1 Å². The van der Waals surface area contributed by atoms with E-state index in [1.54, 1.807) is 45.0 Å². The predicted molar refractivity (Wildman–Crippen MR) is 149 cm³/mol. The van der Waals surface area contributed by atoms with Crippen LogP contribution in [-0.2, 0) is 47.8 Å². The number of esters is 1. The van der Waals surface area contributed by atoms with Crippen molar-refractivity contribution in [2.75, 3.05) is 13.2 Å². The summed E-state index contributed by atoms with van der Waals surface area (Å²) in [5, 5.41) is 25.7. The summed E-state index contributed by atoms with van der Waals surface area (Å²) in [4.78, 5) is 48.2. The quantitative estimate of drug-likeness (QED) is 0.215. The number of nitrogens with zero attached hydrogens (tertiary/aromatic N) is 3. The molecule has 2 aliphatic rings. The Morgan fingerprint density at radius 2 is 1.91 bits per heavy atom. The molecule has 0 saturated carbocycles. The Morgan fingerprint density at radius 1 is 1.18 bits per heavy atom. The number of hydrogen-bond acceptors (Lipinski definition) is 15. The second kappa shape index (κ2) is 12.6. The first-order chi connectivity index (χ1) is 21.1. The van der Waals surface area contributed by atoms with Gasteiger partial charge >= 0.3 is 27.3 Å². The fourth-order valence-electron chi connectivity index (χ4n) is 4.39. The van der Waals surface area contributed by atoms with E-state index in [2.05, 4.69) is 9.47 Å². The van der Waals surface area contributed by atoms with Gasteiger partial charge in [0, 0.05) is 24.1 Å². The highest BCUT2D eigenvalue weighted by Crippen LogP contribution is 2.65. The van der Waals surface area contributed by atoms with Crippen molar-refractivity contribution in [2.45, 2.75) is 64.6 Å². The zero-order chi connectivity index (χ0) is 32.7. The van der Waals surface area contributed by atoms with Crippen molar-refractivity contribution in [2.24, 2.45) is 5.41 Å². The second-order valence-corrected chi connectivity index (χ2v) is 14.4. The van der Waals surface area contributed by atoms with Crippen LogP contribution < -0.4 is 11.2 Å².